The molecule has 0 radical (unpaired) electrons. The van der Waals surface area contributed by atoms with E-state index in [1.807, 2.05) is 36.4 Å². The number of benzene rings is 11. The second kappa shape index (κ2) is 18.6. The smallest absolute Gasteiger partial charge is 0.153 e. The van der Waals surface area contributed by atoms with E-state index in [1.165, 1.54) is 0 Å². The number of ether oxygens (including phenoxy) is 2. The zero-order chi connectivity index (χ0) is 44.9. The van der Waals surface area contributed by atoms with Crippen LogP contribution in [0.4, 0.5) is 34.1 Å². The van der Waals surface area contributed by atoms with Crippen molar-refractivity contribution in [2.75, 3.05) is 9.80 Å². The quantitative estimate of drug-likeness (QED) is 0.122. The molecule has 0 heterocycles. The Hall–Kier alpha value is -8.38. The summed E-state index contributed by atoms with van der Waals surface area (Å²) in [6.45, 7) is 0. The van der Waals surface area contributed by atoms with Crippen LogP contribution in [-0.2, 0) is 0 Å². The van der Waals surface area contributed by atoms with Gasteiger partial charge in [0.15, 0.2) is 11.5 Å². The molecule has 11 aromatic carbocycles. The molecule has 0 aliphatic carbocycles. The first-order chi connectivity index (χ1) is 33.2. The molecule has 67 heavy (non-hydrogen) atoms. The van der Waals surface area contributed by atoms with Gasteiger partial charge in [-0.3, -0.25) is 0 Å². The average molecular weight is 928 g/mol. The van der Waals surface area contributed by atoms with Crippen molar-refractivity contribution >= 4 is 71.6 Å². The highest BCUT2D eigenvalue weighted by atomic mass is 79.9. The van der Waals surface area contributed by atoms with Gasteiger partial charge in [-0.15, -0.1) is 0 Å². The van der Waals surface area contributed by atoms with Gasteiger partial charge in [-0.1, -0.05) is 182 Å². The van der Waals surface area contributed by atoms with Crippen molar-refractivity contribution in [1.82, 2.24) is 0 Å². The second-order valence-corrected chi connectivity index (χ2v) is 17.0. The molecule has 0 spiro atoms. The summed E-state index contributed by atoms with van der Waals surface area (Å²) in [6, 6.07) is 90.5. The third kappa shape index (κ3) is 8.41. The summed E-state index contributed by atoms with van der Waals surface area (Å²) in [5.41, 5.74) is 9.98. The van der Waals surface area contributed by atoms with Gasteiger partial charge in [0.05, 0.1) is 11.4 Å². The third-order valence-electron chi connectivity index (χ3n) is 12.0. The zero-order valence-corrected chi connectivity index (χ0v) is 38.0. The minimum absolute atomic E-state index is 0.629. The van der Waals surface area contributed by atoms with Gasteiger partial charge >= 0.3 is 0 Å². The standard InChI is InChI=1S/C62H43BrN2O2/c63-60-61(66-52-39-46-27-19-21-37-54(46)58(41-52)64(48-29-11-3-12-30-48)49-31-13-4-14-32-49)56(44-23-7-1-8-24-44)43-57(45-25-9-2-10-26-45)62(60)67-53-40-47-28-20-22-38-55(47)59(42-53)65(50-33-15-5-16-34-50)51-35-17-6-18-36-51/h1-43H. The van der Waals surface area contributed by atoms with Crippen molar-refractivity contribution in [3.8, 4) is 45.3 Å². The van der Waals surface area contributed by atoms with Crippen LogP contribution in [0.3, 0.4) is 0 Å². The van der Waals surface area contributed by atoms with Gasteiger partial charge in [-0.2, -0.15) is 0 Å². The summed E-state index contributed by atoms with van der Waals surface area (Å²) in [4.78, 5) is 4.59. The van der Waals surface area contributed by atoms with E-state index in [0.29, 0.717) is 27.5 Å². The van der Waals surface area contributed by atoms with E-state index in [0.717, 1.165) is 77.9 Å². The van der Waals surface area contributed by atoms with Gasteiger partial charge in [0.1, 0.15) is 16.0 Å². The van der Waals surface area contributed by atoms with E-state index in [9.17, 15) is 0 Å². The lowest BCUT2D eigenvalue weighted by Gasteiger charge is -2.28. The van der Waals surface area contributed by atoms with Crippen LogP contribution in [0.1, 0.15) is 0 Å². The average Bonchev–Trinajstić information content (AvgIpc) is 3.39. The highest BCUT2D eigenvalue weighted by molar-refractivity contribution is 9.10. The van der Waals surface area contributed by atoms with E-state index >= 15 is 0 Å². The first-order valence-electron chi connectivity index (χ1n) is 22.4. The van der Waals surface area contributed by atoms with Gasteiger partial charge in [0.2, 0.25) is 0 Å². The summed E-state index contributed by atoms with van der Waals surface area (Å²) >= 11 is 4.16. The minimum Gasteiger partial charge on any atom is -0.455 e. The molecule has 0 saturated carbocycles. The molecule has 0 amide bonds. The number of fused-ring (bicyclic) bond motifs is 2. The van der Waals surface area contributed by atoms with Gasteiger partial charge < -0.3 is 19.3 Å². The zero-order valence-electron chi connectivity index (χ0n) is 36.4. The third-order valence-corrected chi connectivity index (χ3v) is 12.7. The Labute approximate surface area is 399 Å². The molecule has 0 aliphatic heterocycles. The maximum Gasteiger partial charge on any atom is 0.153 e. The highest BCUT2D eigenvalue weighted by Gasteiger charge is 2.25. The number of anilines is 6. The number of hydrogen-bond donors (Lipinski definition) is 0. The van der Waals surface area contributed by atoms with Gasteiger partial charge in [-0.25, -0.2) is 0 Å². The SMILES string of the molecule is Brc1c(Oc2cc(N(c3ccccc3)c3ccccc3)c3ccccc3c2)c(-c2ccccc2)cc(-c2ccccc2)c1Oc1cc(N(c2ccccc2)c2ccccc2)c2ccccc2c1. The lowest BCUT2D eigenvalue weighted by Crippen LogP contribution is -2.10. The summed E-state index contributed by atoms with van der Waals surface area (Å²) < 4.78 is 15.3. The maximum absolute atomic E-state index is 7.32. The molecule has 0 fully saturated rings. The van der Waals surface area contributed by atoms with Crippen molar-refractivity contribution < 1.29 is 9.47 Å². The molecular formula is C62H43BrN2O2. The molecule has 4 nitrogen and oxygen atoms in total. The fourth-order valence-electron chi connectivity index (χ4n) is 8.89. The highest BCUT2D eigenvalue weighted by Crippen LogP contribution is 2.53. The number of para-hydroxylation sites is 4. The van der Waals surface area contributed by atoms with Crippen LogP contribution in [0.5, 0.6) is 23.0 Å². The predicted octanol–water partition coefficient (Wildman–Crippen LogP) is 18.6. The number of rotatable bonds is 12. The van der Waals surface area contributed by atoms with Crippen molar-refractivity contribution in [2.45, 2.75) is 0 Å². The summed E-state index contributed by atoms with van der Waals surface area (Å²) in [5.74, 6) is 2.61. The van der Waals surface area contributed by atoms with Crippen LogP contribution in [0.2, 0.25) is 0 Å². The number of hydrogen-bond acceptors (Lipinski definition) is 4. The monoisotopic (exact) mass is 926 g/mol. The van der Waals surface area contributed by atoms with Crippen LogP contribution < -0.4 is 19.3 Å². The molecule has 0 aliphatic rings. The molecule has 0 atom stereocenters. The summed E-state index contributed by atoms with van der Waals surface area (Å²) in [6.07, 6.45) is 0. The molecule has 0 saturated heterocycles. The first-order valence-corrected chi connectivity index (χ1v) is 23.1. The van der Waals surface area contributed by atoms with Crippen molar-refractivity contribution in [3.63, 3.8) is 0 Å². The summed E-state index contributed by atoms with van der Waals surface area (Å²) in [5, 5.41) is 4.29. The topological polar surface area (TPSA) is 24.9 Å². The fraction of sp³-hybridized carbons (Fsp3) is 0. The molecule has 0 aromatic heterocycles. The van der Waals surface area contributed by atoms with Crippen LogP contribution in [0, 0.1) is 0 Å². The number of nitrogens with zero attached hydrogens (tertiary/aromatic N) is 2. The Kier molecular flexibility index (Phi) is 11.5. The van der Waals surface area contributed by atoms with Crippen molar-refractivity contribution in [3.05, 3.63) is 265 Å². The van der Waals surface area contributed by atoms with E-state index in [2.05, 4.69) is 250 Å². The molecule has 5 heteroatoms. The van der Waals surface area contributed by atoms with Crippen LogP contribution >= 0.6 is 15.9 Å². The van der Waals surface area contributed by atoms with Crippen LogP contribution in [0.15, 0.2) is 265 Å². The Morgan fingerprint density at radius 3 is 0.940 bits per heavy atom. The Morgan fingerprint density at radius 1 is 0.299 bits per heavy atom. The second-order valence-electron chi connectivity index (χ2n) is 16.2. The molecule has 11 rings (SSSR count). The molecular weight excluding hydrogens is 885 g/mol. The van der Waals surface area contributed by atoms with Crippen LogP contribution in [0.25, 0.3) is 43.8 Å². The molecule has 320 valence electrons. The molecule has 0 bridgehead atoms. The molecule has 0 N–H and O–H groups in total. The largest absolute Gasteiger partial charge is 0.455 e. The van der Waals surface area contributed by atoms with Crippen molar-refractivity contribution in [2.24, 2.45) is 0 Å². The van der Waals surface area contributed by atoms with E-state index in [-0.39, 0.29) is 0 Å². The fourth-order valence-corrected chi connectivity index (χ4v) is 9.48. The normalized spacial score (nSPS) is 11.1. The van der Waals surface area contributed by atoms with E-state index < -0.39 is 0 Å². The predicted molar refractivity (Wildman–Crippen MR) is 282 cm³/mol. The van der Waals surface area contributed by atoms with Crippen molar-refractivity contribution in [1.29, 1.82) is 0 Å². The van der Waals surface area contributed by atoms with Gasteiger partial charge in [0, 0.05) is 56.8 Å². The van der Waals surface area contributed by atoms with Crippen LogP contribution in [-0.4, -0.2) is 0 Å². The Bertz CT molecular complexity index is 3150. The Morgan fingerprint density at radius 2 is 0.597 bits per heavy atom. The van der Waals surface area contributed by atoms with Gasteiger partial charge in [-0.05, 0) is 105 Å². The summed E-state index contributed by atoms with van der Waals surface area (Å²) in [7, 11) is 0. The molecule has 0 unspecified atom stereocenters. The molecule has 11 aromatic rings. The lowest BCUT2D eigenvalue weighted by atomic mass is 9.97. The maximum atomic E-state index is 7.32. The number of halogens is 1. The van der Waals surface area contributed by atoms with E-state index in [1.54, 1.807) is 0 Å². The van der Waals surface area contributed by atoms with Gasteiger partial charge in [0.25, 0.3) is 0 Å². The minimum atomic E-state index is 0.629. The van der Waals surface area contributed by atoms with E-state index in [4.69, 9.17) is 9.47 Å². The lowest BCUT2D eigenvalue weighted by molar-refractivity contribution is 0.458. The Balaban J connectivity index is 1.12. The first kappa shape index (κ1) is 41.3.